The van der Waals surface area contributed by atoms with Gasteiger partial charge in [0.05, 0.1) is 28.0 Å². The number of nitrogens with zero attached hydrogens (tertiary/aromatic N) is 5. The number of sulfone groups is 1. The molecule has 13 heteroatoms. The van der Waals surface area contributed by atoms with Crippen molar-refractivity contribution >= 4 is 32.5 Å². The summed E-state index contributed by atoms with van der Waals surface area (Å²) in [5, 5.41) is 5.99. The summed E-state index contributed by atoms with van der Waals surface area (Å²) in [5.74, 6) is -0.751. The Labute approximate surface area is 179 Å². The normalized spacial score (nSPS) is 12.2. The van der Waals surface area contributed by atoms with Crippen LogP contribution in [0.2, 0.25) is 0 Å². The van der Waals surface area contributed by atoms with Crippen LogP contribution < -0.4 is 5.32 Å². The third-order valence-electron chi connectivity index (χ3n) is 4.52. The molecule has 1 amide bonds. The first-order valence-electron chi connectivity index (χ1n) is 9.05. The van der Waals surface area contributed by atoms with Crippen LogP contribution in [0.25, 0.3) is 16.7 Å². The van der Waals surface area contributed by atoms with Crippen LogP contribution in [-0.4, -0.2) is 44.9 Å². The Morgan fingerprint density at radius 3 is 2.56 bits per heavy atom. The van der Waals surface area contributed by atoms with E-state index in [4.69, 9.17) is 0 Å². The first-order chi connectivity index (χ1) is 15.0. The number of hydrogen-bond donors (Lipinski definition) is 1. The average molecular weight is 464 g/mol. The number of hydrogen-bond acceptors (Lipinski definition) is 6. The van der Waals surface area contributed by atoms with Crippen molar-refractivity contribution in [1.29, 1.82) is 0 Å². The van der Waals surface area contributed by atoms with Crippen molar-refractivity contribution in [1.82, 2.24) is 24.3 Å². The topological polar surface area (TPSA) is 112 Å². The number of carbonyl (C=O) groups is 1. The summed E-state index contributed by atoms with van der Waals surface area (Å²) in [7, 11) is -3.78. The summed E-state index contributed by atoms with van der Waals surface area (Å²) in [6.45, 7) is -0.490. The summed E-state index contributed by atoms with van der Waals surface area (Å²) in [4.78, 5) is 20.6. The van der Waals surface area contributed by atoms with Crippen molar-refractivity contribution in [3.63, 3.8) is 0 Å². The van der Waals surface area contributed by atoms with E-state index in [1.807, 2.05) is 0 Å². The van der Waals surface area contributed by atoms with E-state index in [0.717, 1.165) is 24.5 Å². The van der Waals surface area contributed by atoms with Gasteiger partial charge in [0.25, 0.3) is 0 Å². The fourth-order valence-corrected chi connectivity index (χ4v) is 3.99. The van der Waals surface area contributed by atoms with E-state index in [9.17, 15) is 26.4 Å². The number of benzene rings is 2. The first kappa shape index (κ1) is 21.5. The van der Waals surface area contributed by atoms with Crippen LogP contribution in [0, 0.1) is 0 Å². The molecule has 4 aromatic rings. The Kier molecular flexibility index (Phi) is 5.20. The molecule has 2 aromatic carbocycles. The Hall–Kier alpha value is -3.74. The van der Waals surface area contributed by atoms with Gasteiger partial charge in [0.2, 0.25) is 20.9 Å². The zero-order chi connectivity index (χ0) is 23.1. The molecule has 0 aliphatic rings. The molecule has 0 aliphatic carbocycles. The number of amides is 1. The fourth-order valence-electron chi connectivity index (χ4n) is 3.17. The average Bonchev–Trinajstić information content (AvgIpc) is 3.35. The van der Waals surface area contributed by atoms with Gasteiger partial charge in [-0.15, -0.1) is 0 Å². The molecule has 166 valence electrons. The number of anilines is 1. The second-order valence-electron chi connectivity index (χ2n) is 6.86. The first-order valence-corrected chi connectivity index (χ1v) is 10.9. The predicted molar refractivity (Wildman–Crippen MR) is 108 cm³/mol. The Morgan fingerprint density at radius 1 is 1.16 bits per heavy atom. The van der Waals surface area contributed by atoms with E-state index in [1.165, 1.54) is 21.9 Å². The number of fused-ring (bicyclic) bond motifs is 1. The zero-order valence-corrected chi connectivity index (χ0v) is 17.2. The molecule has 0 spiro atoms. The van der Waals surface area contributed by atoms with Gasteiger partial charge in [0, 0.05) is 6.26 Å². The van der Waals surface area contributed by atoms with Gasteiger partial charge in [-0.2, -0.15) is 18.3 Å². The summed E-state index contributed by atoms with van der Waals surface area (Å²) < 4.78 is 66.4. The largest absolute Gasteiger partial charge is 0.416 e. The van der Waals surface area contributed by atoms with Crippen molar-refractivity contribution in [3.05, 3.63) is 60.7 Å². The maximum atomic E-state index is 13.2. The molecule has 9 nitrogen and oxygen atoms in total. The van der Waals surface area contributed by atoms with Crippen molar-refractivity contribution in [2.45, 2.75) is 17.9 Å². The van der Waals surface area contributed by atoms with Gasteiger partial charge in [-0.05, 0) is 30.3 Å². The molecule has 0 fully saturated rings. The quantitative estimate of drug-likeness (QED) is 0.486. The van der Waals surface area contributed by atoms with Crippen molar-refractivity contribution < 1.29 is 26.4 Å². The van der Waals surface area contributed by atoms with E-state index in [1.54, 1.807) is 24.3 Å². The summed E-state index contributed by atoms with van der Waals surface area (Å²) in [6, 6.07) is 9.29. The molecule has 0 unspecified atom stereocenters. The lowest BCUT2D eigenvalue weighted by Crippen LogP contribution is -2.22. The van der Waals surface area contributed by atoms with E-state index in [2.05, 4.69) is 20.4 Å². The van der Waals surface area contributed by atoms with Crippen LogP contribution in [0.3, 0.4) is 0 Å². The minimum atomic E-state index is -4.63. The standard InChI is InChI=1S/C19H15F3N6O3S/c1-32(30,31)18-26-13-4-2-3-5-15(13)27(18)9-17(29)25-14-8-12(19(20,21)22)6-7-16(14)28-11-23-10-24-28/h2-8,10-11H,9H2,1H3,(H,25,29). The number of halogens is 3. The van der Waals surface area contributed by atoms with Gasteiger partial charge in [-0.3, -0.25) is 4.79 Å². The predicted octanol–water partition coefficient (Wildman–Crippen LogP) is 2.68. The number of para-hydroxylation sites is 2. The highest BCUT2D eigenvalue weighted by molar-refractivity contribution is 7.90. The molecular formula is C19H15F3N6O3S. The van der Waals surface area contributed by atoms with Crippen LogP contribution in [0.4, 0.5) is 18.9 Å². The molecule has 1 N–H and O–H groups in total. The zero-order valence-electron chi connectivity index (χ0n) is 16.4. The molecule has 0 aliphatic heterocycles. The Bertz CT molecular complexity index is 1410. The molecule has 0 bridgehead atoms. The third kappa shape index (κ3) is 4.19. The van der Waals surface area contributed by atoms with E-state index < -0.39 is 34.0 Å². The van der Waals surface area contributed by atoms with Gasteiger partial charge in [0.15, 0.2) is 0 Å². The lowest BCUT2D eigenvalue weighted by atomic mass is 10.1. The van der Waals surface area contributed by atoms with Crippen LogP contribution >= 0.6 is 0 Å². The Morgan fingerprint density at radius 2 is 1.91 bits per heavy atom. The maximum absolute atomic E-state index is 13.2. The second-order valence-corrected chi connectivity index (χ2v) is 8.77. The number of nitrogens with one attached hydrogen (secondary N) is 1. The highest BCUT2D eigenvalue weighted by atomic mass is 32.2. The van der Waals surface area contributed by atoms with E-state index in [0.29, 0.717) is 11.0 Å². The molecule has 4 rings (SSSR count). The third-order valence-corrected chi connectivity index (χ3v) is 5.49. The van der Waals surface area contributed by atoms with Gasteiger partial charge < -0.3 is 9.88 Å². The highest BCUT2D eigenvalue weighted by Gasteiger charge is 2.31. The van der Waals surface area contributed by atoms with Crippen LogP contribution in [0.1, 0.15) is 5.56 Å². The SMILES string of the molecule is CS(=O)(=O)c1nc2ccccc2n1CC(=O)Nc1cc(C(F)(F)F)ccc1-n1cncn1. The number of carbonyl (C=O) groups excluding carboxylic acids is 1. The molecular weight excluding hydrogens is 449 g/mol. The number of rotatable bonds is 5. The van der Waals surface area contributed by atoms with Crippen LogP contribution in [0.15, 0.2) is 60.3 Å². The lowest BCUT2D eigenvalue weighted by molar-refractivity contribution is -0.137. The van der Waals surface area contributed by atoms with Gasteiger partial charge in [-0.1, -0.05) is 12.1 Å². The highest BCUT2D eigenvalue weighted by Crippen LogP contribution is 2.33. The molecule has 0 atom stereocenters. The monoisotopic (exact) mass is 464 g/mol. The molecule has 32 heavy (non-hydrogen) atoms. The van der Waals surface area contributed by atoms with Crippen LogP contribution in [-0.2, 0) is 27.4 Å². The molecule has 2 heterocycles. The molecule has 0 radical (unpaired) electrons. The summed E-state index contributed by atoms with van der Waals surface area (Å²) >= 11 is 0. The van der Waals surface area contributed by atoms with Crippen molar-refractivity contribution in [3.8, 4) is 5.69 Å². The van der Waals surface area contributed by atoms with Crippen molar-refractivity contribution in [2.24, 2.45) is 0 Å². The minimum Gasteiger partial charge on any atom is -0.323 e. The number of imidazole rings is 1. The summed E-state index contributed by atoms with van der Waals surface area (Å²) in [6.07, 6.45) is -1.22. The van der Waals surface area contributed by atoms with Crippen molar-refractivity contribution in [2.75, 3.05) is 11.6 Å². The van der Waals surface area contributed by atoms with E-state index >= 15 is 0 Å². The maximum Gasteiger partial charge on any atom is 0.416 e. The van der Waals surface area contributed by atoms with Gasteiger partial charge in [0.1, 0.15) is 19.2 Å². The number of aromatic nitrogens is 5. The molecule has 0 saturated carbocycles. The Balaban J connectivity index is 1.73. The molecule has 0 saturated heterocycles. The van der Waals surface area contributed by atoms with Gasteiger partial charge in [-0.25, -0.2) is 23.1 Å². The minimum absolute atomic E-state index is 0.155. The van der Waals surface area contributed by atoms with Crippen LogP contribution in [0.5, 0.6) is 0 Å². The number of alkyl halides is 3. The lowest BCUT2D eigenvalue weighted by Gasteiger charge is -2.15. The molecule has 2 aromatic heterocycles. The summed E-state index contributed by atoms with van der Waals surface area (Å²) in [5.41, 5.74) is -0.225. The second kappa shape index (κ2) is 7.75. The van der Waals surface area contributed by atoms with E-state index in [-0.39, 0.29) is 16.5 Å². The smallest absolute Gasteiger partial charge is 0.323 e. The fraction of sp³-hybridized carbons (Fsp3) is 0.158. The van der Waals surface area contributed by atoms with Gasteiger partial charge >= 0.3 is 6.18 Å².